The van der Waals surface area contributed by atoms with E-state index in [2.05, 4.69) is 15.6 Å². The van der Waals surface area contributed by atoms with Gasteiger partial charge in [-0.25, -0.2) is 9.78 Å². The molecule has 0 radical (unpaired) electrons. The standard InChI is InChI=1S/C30H30Cl2N4O4/c31-27-28(32)36(19-35-27)17-25-14-26(23-10-8-22(18-37)9-11-23)40-29(39-25)24-12-6-21(7-13-24)16-34-30(38)33-15-20-4-2-1-3-5-20/h1-13,19,25-26,29,37H,14-18H2,(H2,33,34,38). The molecule has 1 aromatic heterocycles. The summed E-state index contributed by atoms with van der Waals surface area (Å²) < 4.78 is 14.5. The third-order valence-corrected chi connectivity index (χ3v) is 7.52. The maximum absolute atomic E-state index is 12.2. The van der Waals surface area contributed by atoms with Crippen molar-refractivity contribution in [2.75, 3.05) is 0 Å². The molecule has 40 heavy (non-hydrogen) atoms. The average Bonchev–Trinajstić information content (AvgIpc) is 3.31. The minimum Gasteiger partial charge on any atom is -0.392 e. The number of hydrogen-bond donors (Lipinski definition) is 3. The van der Waals surface area contributed by atoms with Gasteiger partial charge in [0.2, 0.25) is 0 Å². The van der Waals surface area contributed by atoms with Crippen LogP contribution in [0.3, 0.4) is 0 Å². The molecule has 8 nitrogen and oxygen atoms in total. The molecule has 10 heteroatoms. The Morgan fingerprint density at radius 3 is 2.12 bits per heavy atom. The maximum Gasteiger partial charge on any atom is 0.315 e. The van der Waals surface area contributed by atoms with Crippen molar-refractivity contribution in [1.29, 1.82) is 0 Å². The van der Waals surface area contributed by atoms with Gasteiger partial charge in [-0.15, -0.1) is 0 Å². The Balaban J connectivity index is 1.24. The van der Waals surface area contributed by atoms with Crippen molar-refractivity contribution >= 4 is 29.2 Å². The van der Waals surface area contributed by atoms with Crippen LogP contribution in [0.15, 0.2) is 85.2 Å². The van der Waals surface area contributed by atoms with E-state index >= 15 is 0 Å². The SMILES string of the molecule is O=C(NCc1ccccc1)NCc1ccc(C2OC(Cn3cnc(Cl)c3Cl)CC(c3ccc(CO)cc3)O2)cc1. The van der Waals surface area contributed by atoms with E-state index < -0.39 is 6.29 Å². The number of carbonyl (C=O) groups excluding carboxylic acids is 1. The van der Waals surface area contributed by atoms with Gasteiger partial charge in [-0.2, -0.15) is 0 Å². The van der Waals surface area contributed by atoms with Gasteiger partial charge in [-0.1, -0.05) is 102 Å². The molecule has 3 aromatic carbocycles. The molecule has 1 fully saturated rings. The fraction of sp³-hybridized carbons (Fsp3) is 0.267. The summed E-state index contributed by atoms with van der Waals surface area (Å²) in [6.45, 7) is 1.29. The minimum absolute atomic E-state index is 0.0179. The Hall–Kier alpha value is -3.40. The van der Waals surface area contributed by atoms with Crippen molar-refractivity contribution in [3.63, 3.8) is 0 Å². The molecule has 0 saturated carbocycles. The topological polar surface area (TPSA) is 97.6 Å². The van der Waals surface area contributed by atoms with E-state index in [1.165, 1.54) is 0 Å². The summed E-state index contributed by atoms with van der Waals surface area (Å²) in [6.07, 6.45) is 1.13. The maximum atomic E-state index is 12.2. The number of urea groups is 1. The number of aliphatic hydroxyl groups is 1. The van der Waals surface area contributed by atoms with Gasteiger partial charge < -0.3 is 29.8 Å². The monoisotopic (exact) mass is 580 g/mol. The number of rotatable bonds is 9. The molecular formula is C30H30Cl2N4O4. The molecule has 5 rings (SSSR count). The van der Waals surface area contributed by atoms with E-state index in [-0.39, 0.29) is 30.0 Å². The lowest BCUT2D eigenvalue weighted by molar-refractivity contribution is -0.252. The zero-order valence-electron chi connectivity index (χ0n) is 21.7. The molecule has 0 spiro atoms. The molecule has 208 valence electrons. The summed E-state index contributed by atoms with van der Waals surface area (Å²) in [7, 11) is 0. The van der Waals surface area contributed by atoms with E-state index in [0.717, 1.165) is 27.8 Å². The largest absolute Gasteiger partial charge is 0.392 e. The van der Waals surface area contributed by atoms with Crippen LogP contribution in [0.4, 0.5) is 4.79 Å². The van der Waals surface area contributed by atoms with Crippen molar-refractivity contribution in [3.05, 3.63) is 123 Å². The lowest BCUT2D eigenvalue weighted by atomic mass is 10.00. The molecular weight excluding hydrogens is 551 g/mol. The lowest BCUT2D eigenvalue weighted by Gasteiger charge is -2.36. The second kappa shape index (κ2) is 13.3. The molecule has 2 amide bonds. The van der Waals surface area contributed by atoms with E-state index in [1.54, 1.807) is 10.9 Å². The van der Waals surface area contributed by atoms with Gasteiger partial charge in [0, 0.05) is 25.1 Å². The van der Waals surface area contributed by atoms with Crippen LogP contribution in [-0.4, -0.2) is 26.8 Å². The number of hydrogen-bond acceptors (Lipinski definition) is 5. The van der Waals surface area contributed by atoms with Gasteiger partial charge in [0.1, 0.15) is 5.15 Å². The third kappa shape index (κ3) is 7.21. The molecule has 4 aromatic rings. The first-order valence-electron chi connectivity index (χ1n) is 13.0. The fourth-order valence-corrected chi connectivity index (χ4v) is 4.85. The van der Waals surface area contributed by atoms with Crippen molar-refractivity contribution in [2.24, 2.45) is 0 Å². The van der Waals surface area contributed by atoms with Crippen molar-refractivity contribution < 1.29 is 19.4 Å². The smallest absolute Gasteiger partial charge is 0.315 e. The molecule has 1 aliphatic heterocycles. The fourth-order valence-electron chi connectivity index (χ4n) is 4.54. The molecule has 3 atom stereocenters. The van der Waals surface area contributed by atoms with Crippen LogP contribution >= 0.6 is 23.2 Å². The number of amides is 2. The quantitative estimate of drug-likeness (QED) is 0.228. The average molecular weight is 582 g/mol. The zero-order chi connectivity index (χ0) is 27.9. The number of halogens is 2. The van der Waals surface area contributed by atoms with Gasteiger partial charge in [-0.05, 0) is 22.3 Å². The van der Waals surface area contributed by atoms with Crippen LogP contribution in [0.2, 0.25) is 10.3 Å². The van der Waals surface area contributed by atoms with Crippen LogP contribution in [0.1, 0.15) is 46.6 Å². The summed E-state index contributed by atoms with van der Waals surface area (Å²) in [5, 5.41) is 15.8. The Kier molecular flexibility index (Phi) is 9.36. The highest BCUT2D eigenvalue weighted by Crippen LogP contribution is 2.39. The highest BCUT2D eigenvalue weighted by molar-refractivity contribution is 6.40. The van der Waals surface area contributed by atoms with Gasteiger partial charge >= 0.3 is 6.03 Å². The van der Waals surface area contributed by atoms with E-state index in [1.807, 2.05) is 78.9 Å². The van der Waals surface area contributed by atoms with Crippen LogP contribution < -0.4 is 10.6 Å². The molecule has 0 aliphatic carbocycles. The van der Waals surface area contributed by atoms with Gasteiger partial charge in [0.15, 0.2) is 11.4 Å². The summed E-state index contributed by atoms with van der Waals surface area (Å²) in [6, 6.07) is 25.0. The number of nitrogens with one attached hydrogen (secondary N) is 2. The first-order chi connectivity index (χ1) is 19.5. The predicted octanol–water partition coefficient (Wildman–Crippen LogP) is 5.93. The summed E-state index contributed by atoms with van der Waals surface area (Å²) in [5.41, 5.74) is 4.67. The number of aromatic nitrogens is 2. The van der Waals surface area contributed by atoms with Gasteiger partial charge in [-0.3, -0.25) is 0 Å². The summed E-state index contributed by atoms with van der Waals surface area (Å²) >= 11 is 12.4. The Morgan fingerprint density at radius 1 is 0.875 bits per heavy atom. The second-order valence-corrected chi connectivity index (χ2v) is 10.3. The normalized spacial score (nSPS) is 18.8. The van der Waals surface area contributed by atoms with Crippen LogP contribution in [0.25, 0.3) is 0 Å². The highest BCUT2D eigenvalue weighted by atomic mass is 35.5. The van der Waals surface area contributed by atoms with Gasteiger partial charge in [0.05, 0.1) is 31.7 Å². The van der Waals surface area contributed by atoms with E-state index in [9.17, 15) is 9.90 Å². The molecule has 3 N–H and O–H groups in total. The Morgan fingerprint density at radius 2 is 1.50 bits per heavy atom. The van der Waals surface area contributed by atoms with Crippen LogP contribution in [0, 0.1) is 0 Å². The second-order valence-electron chi connectivity index (χ2n) is 9.59. The number of ether oxygens (including phenoxy) is 2. The molecule has 1 aliphatic rings. The molecule has 1 saturated heterocycles. The van der Waals surface area contributed by atoms with E-state index in [4.69, 9.17) is 32.7 Å². The third-order valence-electron chi connectivity index (χ3n) is 6.75. The number of nitrogens with zero attached hydrogens (tertiary/aromatic N) is 2. The summed E-state index contributed by atoms with van der Waals surface area (Å²) in [4.78, 5) is 16.3. The first kappa shape index (κ1) is 28.1. The van der Waals surface area contributed by atoms with E-state index in [0.29, 0.717) is 31.2 Å². The predicted molar refractivity (Wildman–Crippen MR) is 153 cm³/mol. The zero-order valence-corrected chi connectivity index (χ0v) is 23.2. The van der Waals surface area contributed by atoms with Crippen LogP contribution in [-0.2, 0) is 35.7 Å². The number of aliphatic hydroxyl groups excluding tert-OH is 1. The number of benzene rings is 3. The Bertz CT molecular complexity index is 1400. The number of carbonyl (C=O) groups is 1. The van der Waals surface area contributed by atoms with Crippen LogP contribution in [0.5, 0.6) is 0 Å². The Labute approximate surface area is 242 Å². The van der Waals surface area contributed by atoms with Gasteiger partial charge in [0.25, 0.3) is 0 Å². The minimum atomic E-state index is -0.616. The lowest BCUT2D eigenvalue weighted by Crippen LogP contribution is -2.34. The van der Waals surface area contributed by atoms with Crippen molar-refractivity contribution in [2.45, 2.75) is 51.2 Å². The molecule has 2 heterocycles. The molecule has 3 unspecified atom stereocenters. The highest BCUT2D eigenvalue weighted by Gasteiger charge is 2.32. The van der Waals surface area contributed by atoms with Crippen molar-refractivity contribution in [3.8, 4) is 0 Å². The summed E-state index contributed by atoms with van der Waals surface area (Å²) in [5.74, 6) is 0. The first-order valence-corrected chi connectivity index (χ1v) is 13.8. The number of imidazole rings is 1. The van der Waals surface area contributed by atoms with Crippen molar-refractivity contribution in [1.82, 2.24) is 20.2 Å². The molecule has 0 bridgehead atoms.